The van der Waals surface area contributed by atoms with Crippen molar-refractivity contribution in [1.29, 1.82) is 0 Å². The van der Waals surface area contributed by atoms with Crippen LogP contribution in [0.3, 0.4) is 0 Å². The molecule has 29 heavy (non-hydrogen) atoms. The number of carbonyl (C=O) groups excluding carboxylic acids is 2. The van der Waals surface area contributed by atoms with E-state index in [1.54, 1.807) is 23.3 Å². The molecular formula is C22H24N2O3S2. The van der Waals surface area contributed by atoms with Crippen LogP contribution < -0.4 is 4.80 Å². The highest BCUT2D eigenvalue weighted by Gasteiger charge is 2.14. The molecule has 0 saturated carbocycles. The molecule has 5 nitrogen and oxygen atoms in total. The molecule has 1 amide bonds. The van der Waals surface area contributed by atoms with E-state index < -0.39 is 0 Å². The molecule has 0 N–H and O–H groups in total. The second kappa shape index (κ2) is 9.89. The number of hydrogen-bond donors (Lipinski definition) is 0. The van der Waals surface area contributed by atoms with Crippen molar-refractivity contribution in [3.63, 3.8) is 0 Å². The van der Waals surface area contributed by atoms with Crippen LogP contribution in [0.2, 0.25) is 0 Å². The molecule has 7 heteroatoms. The highest BCUT2D eigenvalue weighted by molar-refractivity contribution is 7.99. The minimum absolute atomic E-state index is 0.0443. The zero-order valence-electron chi connectivity index (χ0n) is 16.8. The van der Waals surface area contributed by atoms with Crippen molar-refractivity contribution in [2.24, 2.45) is 4.99 Å². The number of thiazole rings is 1. The highest BCUT2D eigenvalue weighted by atomic mass is 32.2. The van der Waals surface area contributed by atoms with Crippen molar-refractivity contribution < 1.29 is 14.3 Å². The lowest BCUT2D eigenvalue weighted by atomic mass is 10.1. The van der Waals surface area contributed by atoms with Gasteiger partial charge in [0, 0.05) is 17.1 Å². The number of rotatable bonds is 7. The maximum absolute atomic E-state index is 12.5. The van der Waals surface area contributed by atoms with Gasteiger partial charge in [-0.05, 0) is 50.1 Å². The standard InChI is InChI=1S/C22H24N2O3S2/c1-4-27-20(26)14-24-21-16(3)12-15(2)13-18(21)29-22(24)23-19(25)10-11-28-17-8-6-5-7-9-17/h5-9,12-13H,4,10-11,14H2,1-3H3. The monoisotopic (exact) mass is 428 g/mol. The number of carbonyl (C=O) groups is 2. The topological polar surface area (TPSA) is 60.7 Å². The van der Waals surface area contributed by atoms with Crippen molar-refractivity contribution >= 4 is 45.2 Å². The average Bonchev–Trinajstić information content (AvgIpc) is 2.99. The second-order valence-electron chi connectivity index (χ2n) is 6.62. The van der Waals surface area contributed by atoms with Gasteiger partial charge >= 0.3 is 5.97 Å². The minimum Gasteiger partial charge on any atom is -0.465 e. The van der Waals surface area contributed by atoms with Gasteiger partial charge in [-0.2, -0.15) is 4.99 Å². The van der Waals surface area contributed by atoms with E-state index >= 15 is 0 Å². The van der Waals surface area contributed by atoms with Crippen LogP contribution in [0.1, 0.15) is 24.5 Å². The number of hydrogen-bond acceptors (Lipinski definition) is 5. The molecule has 0 spiro atoms. The molecule has 3 rings (SSSR count). The Balaban J connectivity index is 1.86. The molecule has 2 aromatic carbocycles. The molecule has 0 unspecified atom stereocenters. The lowest BCUT2D eigenvalue weighted by Gasteiger charge is -2.07. The zero-order chi connectivity index (χ0) is 20.8. The van der Waals surface area contributed by atoms with Crippen LogP contribution in [-0.2, 0) is 20.9 Å². The van der Waals surface area contributed by atoms with Crippen LogP contribution in [0.4, 0.5) is 0 Å². The summed E-state index contributed by atoms with van der Waals surface area (Å²) >= 11 is 3.06. The number of ether oxygens (including phenoxy) is 1. The molecule has 0 bridgehead atoms. The molecule has 1 aromatic heterocycles. The average molecular weight is 429 g/mol. The van der Waals surface area contributed by atoms with Crippen molar-refractivity contribution in [2.75, 3.05) is 12.4 Å². The fourth-order valence-electron chi connectivity index (χ4n) is 3.09. The third-order valence-electron chi connectivity index (χ3n) is 4.25. The summed E-state index contributed by atoms with van der Waals surface area (Å²) in [7, 11) is 0. The molecule has 0 radical (unpaired) electrons. The normalized spacial score (nSPS) is 11.8. The third-order valence-corrected chi connectivity index (χ3v) is 6.29. The van der Waals surface area contributed by atoms with Crippen molar-refractivity contribution in [3.8, 4) is 0 Å². The van der Waals surface area contributed by atoms with Crippen molar-refractivity contribution in [2.45, 2.75) is 38.6 Å². The summed E-state index contributed by atoms with van der Waals surface area (Å²) in [6, 6.07) is 14.1. The number of aryl methyl sites for hydroxylation is 2. The highest BCUT2D eigenvalue weighted by Crippen LogP contribution is 2.23. The molecule has 0 saturated heterocycles. The van der Waals surface area contributed by atoms with Crippen LogP contribution in [0, 0.1) is 13.8 Å². The molecule has 152 valence electrons. The van der Waals surface area contributed by atoms with Gasteiger partial charge in [0.1, 0.15) is 6.54 Å². The van der Waals surface area contributed by atoms with Gasteiger partial charge in [0.2, 0.25) is 5.91 Å². The summed E-state index contributed by atoms with van der Waals surface area (Å²) in [5.41, 5.74) is 3.12. The predicted octanol–water partition coefficient (Wildman–Crippen LogP) is 4.49. The molecule has 1 heterocycles. The van der Waals surface area contributed by atoms with Gasteiger partial charge < -0.3 is 9.30 Å². The van der Waals surface area contributed by atoms with E-state index in [0.29, 0.717) is 23.6 Å². The van der Waals surface area contributed by atoms with Gasteiger partial charge in [-0.3, -0.25) is 9.59 Å². The van der Waals surface area contributed by atoms with E-state index in [0.717, 1.165) is 26.2 Å². The summed E-state index contributed by atoms with van der Waals surface area (Å²) in [6.45, 7) is 6.18. The molecule has 0 aliphatic carbocycles. The molecule has 0 aliphatic rings. The van der Waals surface area contributed by atoms with E-state index in [-0.39, 0.29) is 18.4 Å². The maximum Gasteiger partial charge on any atom is 0.326 e. The number of aromatic nitrogens is 1. The van der Waals surface area contributed by atoms with E-state index in [1.165, 1.54) is 11.3 Å². The summed E-state index contributed by atoms with van der Waals surface area (Å²) in [5.74, 6) is 0.139. The fourth-order valence-corrected chi connectivity index (χ4v) is 5.18. The summed E-state index contributed by atoms with van der Waals surface area (Å²) in [5, 5.41) is 0. The van der Waals surface area contributed by atoms with Crippen LogP contribution in [0.25, 0.3) is 10.2 Å². The number of thioether (sulfide) groups is 1. The van der Waals surface area contributed by atoms with Crippen molar-refractivity contribution in [3.05, 3.63) is 58.4 Å². The van der Waals surface area contributed by atoms with E-state index in [2.05, 4.69) is 17.1 Å². The number of nitrogens with zero attached hydrogens (tertiary/aromatic N) is 2. The number of esters is 1. The first kappa shape index (κ1) is 21.3. The van der Waals surface area contributed by atoms with Crippen LogP contribution in [0.5, 0.6) is 0 Å². The number of fused-ring (bicyclic) bond motifs is 1. The van der Waals surface area contributed by atoms with Crippen LogP contribution in [-0.4, -0.2) is 28.8 Å². The lowest BCUT2D eigenvalue weighted by molar-refractivity contribution is -0.143. The molecule has 0 atom stereocenters. The van der Waals surface area contributed by atoms with Gasteiger partial charge in [-0.25, -0.2) is 0 Å². The summed E-state index contributed by atoms with van der Waals surface area (Å²) < 4.78 is 7.93. The quantitative estimate of drug-likeness (QED) is 0.411. The Morgan fingerprint density at radius 2 is 1.93 bits per heavy atom. The SMILES string of the molecule is CCOC(=O)Cn1c(=NC(=O)CCSc2ccccc2)sc2cc(C)cc(C)c21. The maximum atomic E-state index is 12.5. The molecular weight excluding hydrogens is 404 g/mol. The van der Waals surface area contributed by atoms with Gasteiger partial charge in [-0.1, -0.05) is 35.6 Å². The van der Waals surface area contributed by atoms with Gasteiger partial charge in [0.05, 0.1) is 16.8 Å². The Labute approximate surface area is 178 Å². The summed E-state index contributed by atoms with van der Waals surface area (Å²) in [6.07, 6.45) is 0.339. The number of benzene rings is 2. The van der Waals surface area contributed by atoms with Crippen LogP contribution >= 0.6 is 23.1 Å². The Bertz CT molecular complexity index is 1080. The lowest BCUT2D eigenvalue weighted by Crippen LogP contribution is -2.23. The minimum atomic E-state index is -0.333. The Morgan fingerprint density at radius 3 is 2.66 bits per heavy atom. The second-order valence-corrected chi connectivity index (χ2v) is 8.80. The first-order chi connectivity index (χ1) is 14.0. The Hall–Kier alpha value is -2.38. The van der Waals surface area contributed by atoms with E-state index in [1.807, 2.05) is 44.2 Å². The van der Waals surface area contributed by atoms with Crippen molar-refractivity contribution in [1.82, 2.24) is 4.57 Å². The fraction of sp³-hybridized carbons (Fsp3) is 0.318. The van der Waals surface area contributed by atoms with Gasteiger partial charge in [0.25, 0.3) is 0 Å². The summed E-state index contributed by atoms with van der Waals surface area (Å²) in [4.78, 5) is 30.6. The first-order valence-corrected chi connectivity index (χ1v) is 11.3. The zero-order valence-corrected chi connectivity index (χ0v) is 18.4. The van der Waals surface area contributed by atoms with E-state index in [9.17, 15) is 9.59 Å². The smallest absolute Gasteiger partial charge is 0.326 e. The third kappa shape index (κ3) is 5.58. The van der Waals surface area contributed by atoms with E-state index in [4.69, 9.17) is 4.74 Å². The molecule has 0 aliphatic heterocycles. The Morgan fingerprint density at radius 1 is 1.17 bits per heavy atom. The Kier molecular flexibility index (Phi) is 7.28. The number of amides is 1. The largest absolute Gasteiger partial charge is 0.465 e. The van der Waals surface area contributed by atoms with Crippen LogP contribution in [0.15, 0.2) is 52.4 Å². The molecule has 0 fully saturated rings. The van der Waals surface area contributed by atoms with Gasteiger partial charge in [-0.15, -0.1) is 11.8 Å². The first-order valence-electron chi connectivity index (χ1n) is 9.49. The van der Waals surface area contributed by atoms with Gasteiger partial charge in [0.15, 0.2) is 4.80 Å². The predicted molar refractivity (Wildman–Crippen MR) is 118 cm³/mol. The molecule has 3 aromatic rings.